The van der Waals surface area contributed by atoms with E-state index in [9.17, 15) is 0 Å². The van der Waals surface area contributed by atoms with Crippen molar-refractivity contribution in [2.45, 2.75) is 39.5 Å². The molecule has 16 heavy (non-hydrogen) atoms. The fraction of sp³-hybridized carbons (Fsp3) is 0.600. The van der Waals surface area contributed by atoms with E-state index in [0.29, 0.717) is 10.8 Å². The first-order valence-corrected chi connectivity index (χ1v) is 6.13. The van der Waals surface area contributed by atoms with Crippen molar-refractivity contribution < 1.29 is 4.74 Å². The minimum absolute atomic E-state index is 0.219. The number of para-hydroxylation sites is 1. The Labute approximate surface area is 97.8 Å². The second kappa shape index (κ2) is 2.64. The molecule has 1 heteroatoms. The molecular formula is C15H20O. The Morgan fingerprint density at radius 2 is 1.62 bits per heavy atom. The number of hydrogen-bond donors (Lipinski definition) is 0. The summed E-state index contributed by atoms with van der Waals surface area (Å²) in [6, 6.07) is 8.57. The SMILES string of the molecule is CC1(C)CC(C)(C)C12COc1ccccc12. The monoisotopic (exact) mass is 216 g/mol. The Hall–Kier alpha value is -0.980. The van der Waals surface area contributed by atoms with E-state index in [2.05, 4.69) is 52.0 Å². The lowest BCUT2D eigenvalue weighted by molar-refractivity contribution is -0.123. The van der Waals surface area contributed by atoms with Gasteiger partial charge in [0.2, 0.25) is 0 Å². The highest BCUT2D eigenvalue weighted by Crippen LogP contribution is 2.71. The van der Waals surface area contributed by atoms with Crippen molar-refractivity contribution in [3.8, 4) is 5.75 Å². The standard InChI is InChI=1S/C15H20O/c1-13(2)9-14(3,4)15(13)10-16-12-8-6-5-7-11(12)15/h5-8H,9-10H2,1-4H3. The highest BCUT2D eigenvalue weighted by atomic mass is 16.5. The first-order chi connectivity index (χ1) is 7.41. The van der Waals surface area contributed by atoms with Crippen LogP contribution >= 0.6 is 0 Å². The summed E-state index contributed by atoms with van der Waals surface area (Å²) in [6.07, 6.45) is 1.28. The van der Waals surface area contributed by atoms with Crippen molar-refractivity contribution in [2.75, 3.05) is 6.61 Å². The number of benzene rings is 1. The van der Waals surface area contributed by atoms with Crippen molar-refractivity contribution >= 4 is 0 Å². The van der Waals surface area contributed by atoms with Gasteiger partial charge in [-0.05, 0) is 23.3 Å². The fourth-order valence-electron chi connectivity index (χ4n) is 4.54. The molecule has 0 bridgehead atoms. The molecule has 3 rings (SSSR count). The minimum atomic E-state index is 0.219. The molecule has 1 spiro atoms. The molecule has 0 radical (unpaired) electrons. The van der Waals surface area contributed by atoms with E-state index >= 15 is 0 Å². The molecule has 1 fully saturated rings. The smallest absolute Gasteiger partial charge is 0.123 e. The maximum Gasteiger partial charge on any atom is 0.123 e. The van der Waals surface area contributed by atoms with Crippen molar-refractivity contribution in [1.29, 1.82) is 0 Å². The molecule has 0 atom stereocenters. The molecule has 1 aliphatic carbocycles. The van der Waals surface area contributed by atoms with Gasteiger partial charge in [-0.25, -0.2) is 0 Å². The summed E-state index contributed by atoms with van der Waals surface area (Å²) in [7, 11) is 0. The lowest BCUT2D eigenvalue weighted by Crippen LogP contribution is -2.65. The van der Waals surface area contributed by atoms with Gasteiger partial charge in [0.1, 0.15) is 5.75 Å². The summed E-state index contributed by atoms with van der Waals surface area (Å²) >= 11 is 0. The number of hydrogen-bond acceptors (Lipinski definition) is 1. The van der Waals surface area contributed by atoms with E-state index in [1.165, 1.54) is 12.0 Å². The zero-order chi connectivity index (χ0) is 11.6. The van der Waals surface area contributed by atoms with Gasteiger partial charge in [-0.15, -0.1) is 0 Å². The van der Waals surface area contributed by atoms with E-state index in [0.717, 1.165) is 12.4 Å². The van der Waals surface area contributed by atoms with Crippen LogP contribution in [0.2, 0.25) is 0 Å². The molecule has 0 N–H and O–H groups in total. The lowest BCUT2D eigenvalue weighted by Gasteiger charge is -2.65. The summed E-state index contributed by atoms with van der Waals surface area (Å²) in [5, 5.41) is 0. The quantitative estimate of drug-likeness (QED) is 0.641. The van der Waals surface area contributed by atoms with Gasteiger partial charge in [-0.1, -0.05) is 45.9 Å². The molecule has 1 nitrogen and oxygen atoms in total. The Morgan fingerprint density at radius 1 is 1.00 bits per heavy atom. The van der Waals surface area contributed by atoms with Crippen LogP contribution in [0.5, 0.6) is 5.75 Å². The van der Waals surface area contributed by atoms with Gasteiger partial charge >= 0.3 is 0 Å². The maximum atomic E-state index is 5.93. The molecule has 1 saturated carbocycles. The van der Waals surface area contributed by atoms with Gasteiger partial charge in [-0.3, -0.25) is 0 Å². The average molecular weight is 216 g/mol. The molecule has 1 aromatic rings. The molecule has 0 saturated heterocycles. The van der Waals surface area contributed by atoms with Crippen molar-refractivity contribution in [1.82, 2.24) is 0 Å². The Kier molecular flexibility index (Phi) is 1.68. The fourth-order valence-corrected chi connectivity index (χ4v) is 4.54. The van der Waals surface area contributed by atoms with Crippen LogP contribution in [0.15, 0.2) is 24.3 Å². The molecule has 0 unspecified atom stereocenters. The van der Waals surface area contributed by atoms with E-state index in [1.54, 1.807) is 0 Å². The lowest BCUT2D eigenvalue weighted by atomic mass is 9.37. The van der Waals surface area contributed by atoms with Crippen LogP contribution in [0.25, 0.3) is 0 Å². The zero-order valence-electron chi connectivity index (χ0n) is 10.6. The van der Waals surface area contributed by atoms with Gasteiger partial charge in [0.15, 0.2) is 0 Å². The van der Waals surface area contributed by atoms with E-state index in [4.69, 9.17) is 4.74 Å². The van der Waals surface area contributed by atoms with Gasteiger partial charge in [0.25, 0.3) is 0 Å². The minimum Gasteiger partial charge on any atom is -0.492 e. The highest BCUT2D eigenvalue weighted by Gasteiger charge is 2.68. The number of rotatable bonds is 0. The van der Waals surface area contributed by atoms with Gasteiger partial charge < -0.3 is 4.74 Å². The molecule has 1 aromatic carbocycles. The summed E-state index contributed by atoms with van der Waals surface area (Å²) in [5.74, 6) is 1.10. The average Bonchev–Trinajstić information content (AvgIpc) is 2.57. The summed E-state index contributed by atoms with van der Waals surface area (Å²) < 4.78 is 5.93. The summed E-state index contributed by atoms with van der Waals surface area (Å²) in [5.41, 5.74) is 2.35. The van der Waals surface area contributed by atoms with Crippen LogP contribution < -0.4 is 4.74 Å². The van der Waals surface area contributed by atoms with Crippen LogP contribution in [0.1, 0.15) is 39.7 Å². The molecule has 0 aromatic heterocycles. The second-order valence-corrected chi connectivity index (χ2v) is 6.63. The Morgan fingerprint density at radius 3 is 2.25 bits per heavy atom. The van der Waals surface area contributed by atoms with Crippen LogP contribution in [0.3, 0.4) is 0 Å². The second-order valence-electron chi connectivity index (χ2n) is 6.63. The predicted octanol–water partition coefficient (Wildman–Crippen LogP) is 3.77. The van der Waals surface area contributed by atoms with Crippen molar-refractivity contribution in [2.24, 2.45) is 10.8 Å². The van der Waals surface area contributed by atoms with Crippen molar-refractivity contribution in [3.05, 3.63) is 29.8 Å². The van der Waals surface area contributed by atoms with Crippen LogP contribution in [-0.2, 0) is 5.41 Å². The maximum absolute atomic E-state index is 5.93. The molecule has 0 amide bonds. The number of ether oxygens (including phenoxy) is 1. The van der Waals surface area contributed by atoms with Gasteiger partial charge in [0, 0.05) is 11.0 Å². The third-order valence-corrected chi connectivity index (χ3v) is 4.99. The van der Waals surface area contributed by atoms with Crippen LogP contribution in [-0.4, -0.2) is 6.61 Å². The first-order valence-electron chi connectivity index (χ1n) is 6.13. The van der Waals surface area contributed by atoms with Gasteiger partial charge in [-0.2, -0.15) is 0 Å². The molecule has 1 aliphatic heterocycles. The molecule has 2 aliphatic rings. The van der Waals surface area contributed by atoms with Gasteiger partial charge in [0.05, 0.1) is 6.61 Å². The highest BCUT2D eigenvalue weighted by molar-refractivity contribution is 5.49. The Bertz CT molecular complexity index is 429. The van der Waals surface area contributed by atoms with Crippen LogP contribution in [0.4, 0.5) is 0 Å². The topological polar surface area (TPSA) is 9.23 Å². The molecule has 86 valence electrons. The van der Waals surface area contributed by atoms with E-state index in [-0.39, 0.29) is 5.41 Å². The predicted molar refractivity (Wildman–Crippen MR) is 65.8 cm³/mol. The third-order valence-electron chi connectivity index (χ3n) is 4.99. The summed E-state index contributed by atoms with van der Waals surface area (Å²) in [4.78, 5) is 0. The third kappa shape index (κ3) is 0.888. The van der Waals surface area contributed by atoms with Crippen LogP contribution in [0, 0.1) is 10.8 Å². The summed E-state index contributed by atoms with van der Waals surface area (Å²) in [6.45, 7) is 10.4. The molecular weight excluding hydrogens is 196 g/mol. The van der Waals surface area contributed by atoms with E-state index in [1.807, 2.05) is 0 Å². The largest absolute Gasteiger partial charge is 0.492 e. The Balaban J connectivity index is 2.21. The number of fused-ring (bicyclic) bond motifs is 2. The first kappa shape index (κ1) is 10.2. The normalized spacial score (nSPS) is 27.0. The van der Waals surface area contributed by atoms with E-state index < -0.39 is 0 Å². The zero-order valence-corrected chi connectivity index (χ0v) is 10.6. The molecule has 1 heterocycles. The van der Waals surface area contributed by atoms with Crippen molar-refractivity contribution in [3.63, 3.8) is 0 Å².